The smallest absolute Gasteiger partial charge is 0.0624 e. The normalized spacial score (nSPS) is 12.9. The Balaban J connectivity index is 1.88. The summed E-state index contributed by atoms with van der Waals surface area (Å²) in [4.78, 5) is 1.39. The quantitative estimate of drug-likeness (QED) is 0.778. The third kappa shape index (κ3) is 2.87. The highest BCUT2D eigenvalue weighted by Crippen LogP contribution is 2.31. The first kappa shape index (κ1) is 14.3. The van der Waals surface area contributed by atoms with Crippen LogP contribution < -0.4 is 5.32 Å². The van der Waals surface area contributed by atoms with E-state index in [2.05, 4.69) is 53.7 Å². The van der Waals surface area contributed by atoms with Gasteiger partial charge in [0.15, 0.2) is 0 Å². The molecule has 2 aromatic heterocycles. The van der Waals surface area contributed by atoms with Crippen molar-refractivity contribution in [2.45, 2.75) is 25.8 Å². The van der Waals surface area contributed by atoms with Gasteiger partial charge in [0.05, 0.1) is 5.69 Å². The van der Waals surface area contributed by atoms with Crippen molar-refractivity contribution < 1.29 is 0 Å². The van der Waals surface area contributed by atoms with Gasteiger partial charge in [-0.3, -0.25) is 4.68 Å². The summed E-state index contributed by atoms with van der Waals surface area (Å²) in [5, 5.41) is 9.33. The van der Waals surface area contributed by atoms with Crippen LogP contribution in [0.25, 0.3) is 10.1 Å². The van der Waals surface area contributed by atoms with E-state index in [-0.39, 0.29) is 0 Å². The largest absolute Gasteiger partial charge is 0.312 e. The predicted octanol–water partition coefficient (Wildman–Crippen LogP) is 3.70. The third-order valence-corrected chi connectivity index (χ3v) is 5.17. The highest BCUT2D eigenvalue weighted by Gasteiger charge is 2.16. The van der Waals surface area contributed by atoms with Gasteiger partial charge in [-0.2, -0.15) is 5.10 Å². The van der Waals surface area contributed by atoms with E-state index in [9.17, 15) is 0 Å². The topological polar surface area (TPSA) is 29.9 Å². The molecule has 2 heterocycles. The number of hydrogen-bond donors (Lipinski definition) is 1. The minimum atomic E-state index is 0.336. The molecule has 0 saturated carbocycles. The molecule has 0 spiro atoms. The fourth-order valence-electron chi connectivity index (χ4n) is 2.66. The number of benzene rings is 1. The molecule has 110 valence electrons. The van der Waals surface area contributed by atoms with Gasteiger partial charge in [-0.25, -0.2) is 0 Å². The molecule has 3 rings (SSSR count). The lowest BCUT2D eigenvalue weighted by molar-refractivity contribution is 0.569. The molecule has 3 aromatic rings. The lowest BCUT2D eigenvalue weighted by Gasteiger charge is -2.14. The third-order valence-electron chi connectivity index (χ3n) is 3.94. The van der Waals surface area contributed by atoms with E-state index in [4.69, 9.17) is 0 Å². The zero-order valence-corrected chi connectivity index (χ0v) is 13.6. The van der Waals surface area contributed by atoms with Gasteiger partial charge in [0.25, 0.3) is 0 Å². The number of fused-ring (bicyclic) bond motifs is 1. The van der Waals surface area contributed by atoms with Crippen molar-refractivity contribution in [2.75, 3.05) is 7.05 Å². The monoisotopic (exact) mass is 299 g/mol. The molecular formula is C17H21N3S. The first-order valence-electron chi connectivity index (χ1n) is 7.38. The second kappa shape index (κ2) is 6.00. The van der Waals surface area contributed by atoms with E-state index in [1.165, 1.54) is 26.4 Å². The highest BCUT2D eigenvalue weighted by atomic mass is 32.1. The van der Waals surface area contributed by atoms with Gasteiger partial charge in [0, 0.05) is 34.8 Å². The van der Waals surface area contributed by atoms with Crippen LogP contribution >= 0.6 is 11.3 Å². The molecule has 1 atom stereocenters. The fraction of sp³-hybridized carbons (Fsp3) is 0.353. The van der Waals surface area contributed by atoms with Gasteiger partial charge in [-0.15, -0.1) is 11.3 Å². The maximum Gasteiger partial charge on any atom is 0.0624 e. The van der Waals surface area contributed by atoms with Crippen molar-refractivity contribution in [2.24, 2.45) is 7.05 Å². The minimum absolute atomic E-state index is 0.336. The second-order valence-electron chi connectivity index (χ2n) is 5.34. The van der Waals surface area contributed by atoms with E-state index in [1.54, 1.807) is 0 Å². The Bertz CT molecular complexity index is 708. The molecule has 0 saturated heterocycles. The molecule has 0 amide bonds. The molecular weight excluding hydrogens is 278 g/mol. The first-order valence-corrected chi connectivity index (χ1v) is 8.20. The van der Waals surface area contributed by atoms with Gasteiger partial charge < -0.3 is 5.32 Å². The highest BCUT2D eigenvalue weighted by molar-refractivity contribution is 7.19. The molecule has 0 aliphatic carbocycles. The van der Waals surface area contributed by atoms with Crippen molar-refractivity contribution in [1.29, 1.82) is 0 Å². The summed E-state index contributed by atoms with van der Waals surface area (Å²) in [5.41, 5.74) is 2.45. The molecule has 0 bridgehead atoms. The molecule has 0 fully saturated rings. The Labute approximate surface area is 129 Å². The summed E-state index contributed by atoms with van der Waals surface area (Å²) in [6.45, 7) is 2.15. The standard InChI is InChI=1S/C17H21N3S/c1-4-13-10-14(20(3)19-13)11-15(18-2)17-9-12-7-5-6-8-16(12)21-17/h5-10,15,18H,4,11H2,1-3H3. The summed E-state index contributed by atoms with van der Waals surface area (Å²) in [5.74, 6) is 0. The van der Waals surface area contributed by atoms with Crippen LogP contribution in [0.4, 0.5) is 0 Å². The number of thiophene rings is 1. The Morgan fingerprint density at radius 2 is 2.10 bits per heavy atom. The van der Waals surface area contributed by atoms with Gasteiger partial charge in [0.2, 0.25) is 0 Å². The minimum Gasteiger partial charge on any atom is -0.312 e. The maximum atomic E-state index is 4.55. The lowest BCUT2D eigenvalue weighted by atomic mass is 10.1. The van der Waals surface area contributed by atoms with Crippen molar-refractivity contribution in [1.82, 2.24) is 15.1 Å². The second-order valence-corrected chi connectivity index (χ2v) is 6.45. The molecule has 21 heavy (non-hydrogen) atoms. The summed E-state index contributed by atoms with van der Waals surface area (Å²) < 4.78 is 3.36. The van der Waals surface area contributed by atoms with Crippen LogP contribution in [0.3, 0.4) is 0 Å². The number of likely N-dealkylation sites (N-methyl/N-ethyl adjacent to an activating group) is 1. The molecule has 0 aliphatic rings. The number of aromatic nitrogens is 2. The van der Waals surface area contributed by atoms with Crippen LogP contribution in [-0.2, 0) is 19.9 Å². The maximum absolute atomic E-state index is 4.55. The van der Waals surface area contributed by atoms with Gasteiger partial charge >= 0.3 is 0 Å². The van der Waals surface area contributed by atoms with Crippen molar-refractivity contribution >= 4 is 21.4 Å². The molecule has 1 N–H and O–H groups in total. The Hall–Kier alpha value is -1.65. The predicted molar refractivity (Wildman–Crippen MR) is 89.9 cm³/mol. The van der Waals surface area contributed by atoms with Crippen LogP contribution in [0.1, 0.15) is 29.2 Å². The number of nitrogens with one attached hydrogen (secondary N) is 1. The molecule has 1 unspecified atom stereocenters. The number of rotatable bonds is 5. The van der Waals surface area contributed by atoms with Crippen molar-refractivity contribution in [3.05, 3.63) is 52.7 Å². The molecule has 0 radical (unpaired) electrons. The Morgan fingerprint density at radius 3 is 2.76 bits per heavy atom. The Kier molecular flexibility index (Phi) is 4.08. The Morgan fingerprint density at radius 1 is 1.29 bits per heavy atom. The van der Waals surface area contributed by atoms with Crippen molar-refractivity contribution in [3.8, 4) is 0 Å². The van der Waals surface area contributed by atoms with Crippen LogP contribution in [0.5, 0.6) is 0 Å². The molecule has 3 nitrogen and oxygen atoms in total. The van der Waals surface area contributed by atoms with Gasteiger partial charge in [-0.1, -0.05) is 25.1 Å². The SMILES string of the molecule is CCc1cc(CC(NC)c2cc3ccccc3s2)n(C)n1. The van der Waals surface area contributed by atoms with E-state index in [1.807, 2.05) is 30.1 Å². The zero-order chi connectivity index (χ0) is 14.8. The molecule has 0 aliphatic heterocycles. The number of nitrogens with zero attached hydrogens (tertiary/aromatic N) is 2. The van der Waals surface area contributed by atoms with E-state index < -0.39 is 0 Å². The average Bonchev–Trinajstić information content (AvgIpc) is 3.07. The first-order chi connectivity index (χ1) is 10.2. The fourth-order valence-corrected chi connectivity index (χ4v) is 3.84. The van der Waals surface area contributed by atoms with Gasteiger partial charge in [-0.05, 0) is 37.1 Å². The van der Waals surface area contributed by atoms with E-state index in [0.29, 0.717) is 6.04 Å². The van der Waals surface area contributed by atoms with E-state index in [0.717, 1.165) is 12.8 Å². The van der Waals surface area contributed by atoms with Crippen LogP contribution in [0.15, 0.2) is 36.4 Å². The molecule has 4 heteroatoms. The average molecular weight is 299 g/mol. The van der Waals surface area contributed by atoms with Crippen LogP contribution in [0, 0.1) is 0 Å². The number of hydrogen-bond acceptors (Lipinski definition) is 3. The lowest BCUT2D eigenvalue weighted by Crippen LogP contribution is -2.19. The molecule has 1 aromatic carbocycles. The van der Waals surface area contributed by atoms with Crippen LogP contribution in [0.2, 0.25) is 0 Å². The van der Waals surface area contributed by atoms with E-state index >= 15 is 0 Å². The van der Waals surface area contributed by atoms with Crippen molar-refractivity contribution in [3.63, 3.8) is 0 Å². The van der Waals surface area contributed by atoms with Gasteiger partial charge in [0.1, 0.15) is 0 Å². The zero-order valence-electron chi connectivity index (χ0n) is 12.8. The summed E-state index contributed by atoms with van der Waals surface area (Å²) in [6, 6.07) is 13.4. The summed E-state index contributed by atoms with van der Waals surface area (Å²) in [7, 11) is 4.07. The summed E-state index contributed by atoms with van der Waals surface area (Å²) in [6.07, 6.45) is 1.95. The number of aryl methyl sites for hydroxylation is 2. The summed E-state index contributed by atoms with van der Waals surface area (Å²) >= 11 is 1.88. The van der Waals surface area contributed by atoms with Crippen LogP contribution in [-0.4, -0.2) is 16.8 Å².